The van der Waals surface area contributed by atoms with Crippen LogP contribution in [0.2, 0.25) is 0 Å². The number of imidazole rings is 1. The van der Waals surface area contributed by atoms with Gasteiger partial charge in [-0.1, -0.05) is 12.1 Å². The average molecular weight is 298 g/mol. The number of hydrogen-bond donors (Lipinski definition) is 3. The molecular weight excluding hydrogens is 288 g/mol. The highest BCUT2D eigenvalue weighted by Crippen LogP contribution is 2.30. The molecule has 0 unspecified atom stereocenters. The molecule has 0 saturated heterocycles. The van der Waals surface area contributed by atoms with E-state index in [1.165, 1.54) is 28.8 Å². The van der Waals surface area contributed by atoms with Crippen LogP contribution < -0.4 is 0 Å². The van der Waals surface area contributed by atoms with Gasteiger partial charge in [-0.25, -0.2) is 14.6 Å². The highest BCUT2D eigenvalue weighted by atomic mass is 16.4. The summed E-state index contributed by atoms with van der Waals surface area (Å²) in [5.41, 5.74) is 0.179. The van der Waals surface area contributed by atoms with Crippen molar-refractivity contribution in [3.8, 4) is 17.1 Å². The lowest BCUT2D eigenvalue weighted by molar-refractivity contribution is 0.0682. The Labute approximate surface area is 123 Å². The highest BCUT2D eigenvalue weighted by molar-refractivity contribution is 5.97. The van der Waals surface area contributed by atoms with Crippen molar-refractivity contribution in [1.82, 2.24) is 9.38 Å². The van der Waals surface area contributed by atoms with Crippen LogP contribution in [0.15, 0.2) is 42.6 Å². The quantitative estimate of drug-likeness (QED) is 0.682. The number of para-hydroxylation sites is 1. The number of carboxylic acids is 2. The SMILES string of the molecule is O=C(O)c1ccn2c(-c3ccccc3O)nc(C(=O)O)c2c1. The zero-order valence-corrected chi connectivity index (χ0v) is 11.1. The van der Waals surface area contributed by atoms with Crippen LogP contribution >= 0.6 is 0 Å². The zero-order chi connectivity index (χ0) is 15.9. The monoisotopic (exact) mass is 298 g/mol. The van der Waals surface area contributed by atoms with E-state index < -0.39 is 11.9 Å². The van der Waals surface area contributed by atoms with E-state index >= 15 is 0 Å². The van der Waals surface area contributed by atoms with Crippen molar-refractivity contribution in [2.24, 2.45) is 0 Å². The van der Waals surface area contributed by atoms with Crippen molar-refractivity contribution in [2.45, 2.75) is 0 Å². The van der Waals surface area contributed by atoms with E-state index in [9.17, 15) is 19.8 Å². The van der Waals surface area contributed by atoms with Gasteiger partial charge in [-0.05, 0) is 24.3 Å². The molecule has 0 amide bonds. The number of carboxylic acid groups (broad SMARTS) is 2. The number of benzene rings is 1. The molecule has 0 fully saturated rings. The van der Waals surface area contributed by atoms with Crippen LogP contribution in [0.1, 0.15) is 20.8 Å². The number of fused-ring (bicyclic) bond motifs is 1. The number of phenolic OH excluding ortho intramolecular Hbond substituents is 1. The van der Waals surface area contributed by atoms with Crippen LogP contribution in [0.25, 0.3) is 16.9 Å². The maximum absolute atomic E-state index is 11.3. The Hall–Kier alpha value is -3.35. The van der Waals surface area contributed by atoms with E-state index in [1.807, 2.05) is 0 Å². The highest BCUT2D eigenvalue weighted by Gasteiger charge is 2.20. The number of carbonyl (C=O) groups is 2. The van der Waals surface area contributed by atoms with Crippen molar-refractivity contribution >= 4 is 17.5 Å². The minimum Gasteiger partial charge on any atom is -0.507 e. The predicted octanol–water partition coefficient (Wildman–Crippen LogP) is 2.10. The molecule has 0 aliphatic carbocycles. The molecule has 0 radical (unpaired) electrons. The van der Waals surface area contributed by atoms with Gasteiger partial charge < -0.3 is 15.3 Å². The summed E-state index contributed by atoms with van der Waals surface area (Å²) in [6.45, 7) is 0. The summed E-state index contributed by atoms with van der Waals surface area (Å²) in [7, 11) is 0. The second kappa shape index (κ2) is 4.88. The number of pyridine rings is 1. The minimum absolute atomic E-state index is 0.0428. The number of aromatic carboxylic acids is 2. The molecule has 7 heteroatoms. The van der Waals surface area contributed by atoms with E-state index in [1.54, 1.807) is 18.2 Å². The Kier molecular flexibility index (Phi) is 3.03. The zero-order valence-electron chi connectivity index (χ0n) is 11.1. The molecule has 2 heterocycles. The molecule has 22 heavy (non-hydrogen) atoms. The Bertz CT molecular complexity index is 913. The normalized spacial score (nSPS) is 10.7. The molecule has 0 aliphatic heterocycles. The van der Waals surface area contributed by atoms with E-state index in [-0.39, 0.29) is 28.3 Å². The standard InChI is InChI=1S/C15H10N2O5/c18-11-4-2-1-3-9(11)13-16-12(15(21)22)10-7-8(14(19)20)5-6-17(10)13/h1-7,18H,(H,19,20)(H,21,22). The summed E-state index contributed by atoms with van der Waals surface area (Å²) >= 11 is 0. The van der Waals surface area contributed by atoms with Crippen LogP contribution in [-0.4, -0.2) is 36.6 Å². The van der Waals surface area contributed by atoms with Crippen molar-refractivity contribution < 1.29 is 24.9 Å². The summed E-state index contributed by atoms with van der Waals surface area (Å²) in [4.78, 5) is 26.4. The van der Waals surface area contributed by atoms with Crippen molar-refractivity contribution in [1.29, 1.82) is 0 Å². The number of phenols is 1. The first kappa shape index (κ1) is 13.6. The maximum atomic E-state index is 11.3. The van der Waals surface area contributed by atoms with Gasteiger partial charge in [0.25, 0.3) is 0 Å². The van der Waals surface area contributed by atoms with Crippen LogP contribution in [0.5, 0.6) is 5.75 Å². The third-order valence-corrected chi connectivity index (χ3v) is 3.24. The van der Waals surface area contributed by atoms with E-state index in [0.717, 1.165) is 0 Å². The first-order valence-electron chi connectivity index (χ1n) is 6.26. The Balaban J connectivity index is 2.35. The van der Waals surface area contributed by atoms with Gasteiger partial charge in [0.15, 0.2) is 5.69 Å². The van der Waals surface area contributed by atoms with Crippen molar-refractivity contribution in [3.63, 3.8) is 0 Å². The summed E-state index contributed by atoms with van der Waals surface area (Å²) in [5, 5.41) is 28.2. The van der Waals surface area contributed by atoms with Crippen molar-refractivity contribution in [3.05, 3.63) is 53.9 Å². The fourth-order valence-corrected chi connectivity index (χ4v) is 2.23. The lowest BCUT2D eigenvalue weighted by atomic mass is 10.2. The van der Waals surface area contributed by atoms with Gasteiger partial charge in [-0.15, -0.1) is 0 Å². The van der Waals surface area contributed by atoms with Crippen LogP contribution in [0, 0.1) is 0 Å². The molecule has 7 nitrogen and oxygen atoms in total. The number of nitrogens with zero attached hydrogens (tertiary/aromatic N) is 2. The molecule has 0 saturated carbocycles. The molecule has 0 spiro atoms. The lowest BCUT2D eigenvalue weighted by Crippen LogP contribution is -2.00. The second-order valence-corrected chi connectivity index (χ2v) is 4.58. The summed E-state index contributed by atoms with van der Waals surface area (Å²) in [6.07, 6.45) is 1.42. The molecular formula is C15H10N2O5. The maximum Gasteiger partial charge on any atom is 0.356 e. The first-order valence-corrected chi connectivity index (χ1v) is 6.26. The van der Waals surface area contributed by atoms with E-state index in [0.29, 0.717) is 5.56 Å². The molecule has 2 aromatic heterocycles. The molecule has 110 valence electrons. The Morgan fingerprint density at radius 1 is 1.05 bits per heavy atom. The number of aromatic nitrogens is 2. The largest absolute Gasteiger partial charge is 0.507 e. The van der Waals surface area contributed by atoms with Crippen LogP contribution in [-0.2, 0) is 0 Å². The van der Waals surface area contributed by atoms with Gasteiger partial charge in [0.05, 0.1) is 16.6 Å². The van der Waals surface area contributed by atoms with Crippen LogP contribution in [0.3, 0.4) is 0 Å². The van der Waals surface area contributed by atoms with Gasteiger partial charge in [0, 0.05) is 6.20 Å². The summed E-state index contributed by atoms with van der Waals surface area (Å²) in [6, 6.07) is 8.95. The third kappa shape index (κ3) is 2.05. The lowest BCUT2D eigenvalue weighted by Gasteiger charge is -2.04. The third-order valence-electron chi connectivity index (χ3n) is 3.24. The Morgan fingerprint density at radius 2 is 1.77 bits per heavy atom. The average Bonchev–Trinajstić information content (AvgIpc) is 2.86. The molecule has 0 bridgehead atoms. The van der Waals surface area contributed by atoms with Crippen LogP contribution in [0.4, 0.5) is 0 Å². The fraction of sp³-hybridized carbons (Fsp3) is 0. The minimum atomic E-state index is -1.28. The van der Waals surface area contributed by atoms with Gasteiger partial charge in [0.2, 0.25) is 0 Å². The molecule has 3 N–H and O–H groups in total. The second-order valence-electron chi connectivity index (χ2n) is 4.58. The topological polar surface area (TPSA) is 112 Å². The first-order chi connectivity index (χ1) is 10.5. The molecule has 3 aromatic rings. The molecule has 0 atom stereocenters. The van der Waals surface area contributed by atoms with Gasteiger partial charge in [-0.3, -0.25) is 4.40 Å². The van der Waals surface area contributed by atoms with E-state index in [2.05, 4.69) is 4.98 Å². The smallest absolute Gasteiger partial charge is 0.356 e. The Morgan fingerprint density at radius 3 is 2.41 bits per heavy atom. The van der Waals surface area contributed by atoms with E-state index in [4.69, 9.17) is 5.11 Å². The predicted molar refractivity (Wildman–Crippen MR) is 76.2 cm³/mol. The fourth-order valence-electron chi connectivity index (χ4n) is 2.23. The van der Waals surface area contributed by atoms with Gasteiger partial charge in [-0.2, -0.15) is 0 Å². The molecule has 3 rings (SSSR count). The molecule has 1 aromatic carbocycles. The number of aromatic hydroxyl groups is 1. The van der Waals surface area contributed by atoms with Gasteiger partial charge in [0.1, 0.15) is 11.6 Å². The number of hydrogen-bond acceptors (Lipinski definition) is 4. The number of rotatable bonds is 3. The summed E-state index contributed by atoms with van der Waals surface area (Å²) in [5.74, 6) is -2.26. The summed E-state index contributed by atoms with van der Waals surface area (Å²) < 4.78 is 1.44. The molecule has 0 aliphatic rings. The van der Waals surface area contributed by atoms with Gasteiger partial charge >= 0.3 is 11.9 Å². The van der Waals surface area contributed by atoms with Crippen molar-refractivity contribution in [2.75, 3.05) is 0 Å².